The Labute approximate surface area is 166 Å². The van der Waals surface area contributed by atoms with Gasteiger partial charge in [-0.2, -0.15) is 5.10 Å². The summed E-state index contributed by atoms with van der Waals surface area (Å²) in [4.78, 5) is 4.51. The summed E-state index contributed by atoms with van der Waals surface area (Å²) in [5.41, 5.74) is 9.97. The molecule has 3 aromatic rings. The summed E-state index contributed by atoms with van der Waals surface area (Å²) < 4.78 is 0. The second kappa shape index (κ2) is 7.20. The third-order valence-electron chi connectivity index (χ3n) is 5.08. The Morgan fingerprint density at radius 1 is 1.14 bits per heavy atom. The number of hydrogen-bond donors (Lipinski definition) is 3. The largest absolute Gasteiger partial charge is 0.382 e. The molecule has 4 rings (SSSR count). The molecule has 2 aromatic heterocycles. The molecule has 1 fully saturated rings. The molecule has 1 aliphatic carbocycles. The summed E-state index contributed by atoms with van der Waals surface area (Å²) in [6, 6.07) is 8.84. The quantitative estimate of drug-likeness (QED) is 0.567. The normalized spacial score (nSPS) is 14.8. The van der Waals surface area contributed by atoms with Gasteiger partial charge in [0.25, 0.3) is 0 Å². The first kappa shape index (κ1) is 18.4. The Balaban J connectivity index is 1.76. The van der Waals surface area contributed by atoms with E-state index < -0.39 is 0 Å². The van der Waals surface area contributed by atoms with Gasteiger partial charge in [-0.1, -0.05) is 24.7 Å². The lowest BCUT2D eigenvalue weighted by molar-refractivity contribution is 0.571. The van der Waals surface area contributed by atoms with Crippen LogP contribution in [0.4, 0.5) is 11.6 Å². The van der Waals surface area contributed by atoms with Crippen LogP contribution in [0.1, 0.15) is 52.0 Å². The molecule has 0 aliphatic heterocycles. The second-order valence-corrected chi connectivity index (χ2v) is 8.61. The van der Waals surface area contributed by atoms with Crippen molar-refractivity contribution in [2.24, 2.45) is 5.41 Å². The van der Waals surface area contributed by atoms with Crippen LogP contribution in [-0.2, 0) is 0 Å². The highest BCUT2D eigenvalue weighted by atomic mass is 15.1. The van der Waals surface area contributed by atoms with E-state index in [1.807, 2.05) is 12.3 Å². The van der Waals surface area contributed by atoms with Gasteiger partial charge in [-0.15, -0.1) is 0 Å². The predicted molar refractivity (Wildman–Crippen MR) is 116 cm³/mol. The Hall–Kier alpha value is -3.00. The third kappa shape index (κ3) is 3.96. The molecular weight excluding hydrogens is 346 g/mol. The zero-order chi connectivity index (χ0) is 19.7. The summed E-state index contributed by atoms with van der Waals surface area (Å²) in [6.07, 6.45) is 6.88. The minimum atomic E-state index is -0.0804. The smallest absolute Gasteiger partial charge is 0.153 e. The number of nitrogens with two attached hydrogens (primary N) is 1. The lowest BCUT2D eigenvalue weighted by Gasteiger charge is -2.13. The monoisotopic (exact) mass is 373 g/mol. The maximum Gasteiger partial charge on any atom is 0.153 e. The number of aromatic nitrogens is 3. The lowest BCUT2D eigenvalue weighted by Crippen LogP contribution is -2.15. The van der Waals surface area contributed by atoms with Crippen molar-refractivity contribution >= 4 is 22.5 Å². The van der Waals surface area contributed by atoms with Gasteiger partial charge in [0.05, 0.1) is 11.1 Å². The molecule has 1 aromatic carbocycles. The second-order valence-electron chi connectivity index (χ2n) is 8.61. The molecule has 144 valence electrons. The van der Waals surface area contributed by atoms with E-state index >= 15 is 0 Å². The number of pyridine rings is 1. The molecule has 5 nitrogen and oxygen atoms in total. The molecular formula is C23H27N5. The van der Waals surface area contributed by atoms with Crippen molar-refractivity contribution in [3.05, 3.63) is 36.0 Å². The van der Waals surface area contributed by atoms with Gasteiger partial charge < -0.3 is 11.1 Å². The molecule has 2 heterocycles. The molecule has 0 spiro atoms. The first-order valence-electron chi connectivity index (χ1n) is 9.93. The van der Waals surface area contributed by atoms with Crippen molar-refractivity contribution in [1.82, 2.24) is 15.2 Å². The zero-order valence-corrected chi connectivity index (χ0v) is 16.8. The average molecular weight is 374 g/mol. The van der Waals surface area contributed by atoms with Crippen molar-refractivity contribution in [1.29, 1.82) is 0 Å². The fraction of sp³-hybridized carbons (Fsp3) is 0.391. The molecule has 0 amide bonds. The molecule has 5 heteroatoms. The van der Waals surface area contributed by atoms with Crippen LogP contribution in [0.2, 0.25) is 0 Å². The standard InChI is InChI=1S/C23H27N5/c1-23(2,3)10-8-16-12-17(13-19-21(16)27-28-22(19)24)15-9-11-25-20(14-15)26-18-6-4-5-7-18/h9,11-14,18H,4-7H2,1-3H3,(H,25,26)(H3,24,27,28). The van der Waals surface area contributed by atoms with Crippen LogP contribution in [0.15, 0.2) is 30.5 Å². The number of anilines is 2. The van der Waals surface area contributed by atoms with Crippen molar-refractivity contribution in [3.8, 4) is 23.0 Å². The van der Waals surface area contributed by atoms with Crippen LogP contribution in [0, 0.1) is 17.3 Å². The Morgan fingerprint density at radius 2 is 1.93 bits per heavy atom. The summed E-state index contributed by atoms with van der Waals surface area (Å²) in [6.45, 7) is 6.31. The van der Waals surface area contributed by atoms with Crippen LogP contribution in [0.5, 0.6) is 0 Å². The van der Waals surface area contributed by atoms with E-state index in [0.29, 0.717) is 11.9 Å². The first-order chi connectivity index (χ1) is 13.4. The minimum absolute atomic E-state index is 0.0804. The Bertz CT molecular complexity index is 1060. The van der Waals surface area contributed by atoms with Crippen LogP contribution in [0.25, 0.3) is 22.0 Å². The number of rotatable bonds is 3. The topological polar surface area (TPSA) is 79.6 Å². The average Bonchev–Trinajstić information content (AvgIpc) is 3.29. The number of H-pyrrole nitrogens is 1. The lowest BCUT2D eigenvalue weighted by atomic mass is 9.96. The summed E-state index contributed by atoms with van der Waals surface area (Å²) in [5.74, 6) is 8.05. The predicted octanol–water partition coefficient (Wildman–Crippen LogP) is 4.96. The summed E-state index contributed by atoms with van der Waals surface area (Å²) in [7, 11) is 0. The fourth-order valence-corrected chi connectivity index (χ4v) is 3.63. The molecule has 0 radical (unpaired) electrons. The molecule has 28 heavy (non-hydrogen) atoms. The minimum Gasteiger partial charge on any atom is -0.382 e. The van der Waals surface area contributed by atoms with Gasteiger partial charge in [-0.05, 0) is 69.0 Å². The number of aromatic amines is 1. The molecule has 1 saturated carbocycles. The maximum absolute atomic E-state index is 6.10. The maximum atomic E-state index is 6.10. The number of nitrogens with zero attached hydrogens (tertiary/aromatic N) is 2. The van der Waals surface area contributed by atoms with E-state index in [1.165, 1.54) is 25.7 Å². The number of benzene rings is 1. The number of nitrogens with one attached hydrogen (secondary N) is 2. The number of nitrogen functional groups attached to an aromatic ring is 1. The highest BCUT2D eigenvalue weighted by Gasteiger charge is 2.16. The molecule has 0 unspecified atom stereocenters. The van der Waals surface area contributed by atoms with Gasteiger partial charge in [-0.3, -0.25) is 5.10 Å². The Kier molecular flexibility index (Phi) is 4.72. The Morgan fingerprint density at radius 3 is 2.68 bits per heavy atom. The molecule has 1 aliphatic rings. The van der Waals surface area contributed by atoms with Crippen LogP contribution >= 0.6 is 0 Å². The van der Waals surface area contributed by atoms with Crippen molar-refractivity contribution in [2.75, 3.05) is 11.1 Å². The van der Waals surface area contributed by atoms with Gasteiger partial charge in [0.1, 0.15) is 5.82 Å². The fourth-order valence-electron chi connectivity index (χ4n) is 3.63. The van der Waals surface area contributed by atoms with Gasteiger partial charge in [0.15, 0.2) is 5.82 Å². The molecule has 4 N–H and O–H groups in total. The van der Waals surface area contributed by atoms with Gasteiger partial charge in [-0.25, -0.2) is 4.98 Å². The zero-order valence-electron chi connectivity index (χ0n) is 16.8. The van der Waals surface area contributed by atoms with Gasteiger partial charge in [0, 0.05) is 23.0 Å². The van der Waals surface area contributed by atoms with Crippen LogP contribution in [0.3, 0.4) is 0 Å². The SMILES string of the molecule is CC(C)(C)C#Cc1cc(-c2ccnc(NC3CCCC3)c2)cc2c(N)n[nH]c12. The van der Waals surface area contributed by atoms with E-state index in [9.17, 15) is 0 Å². The van der Waals surface area contributed by atoms with E-state index in [2.05, 4.69) is 71.3 Å². The van der Waals surface area contributed by atoms with E-state index in [1.54, 1.807) is 0 Å². The van der Waals surface area contributed by atoms with Crippen molar-refractivity contribution < 1.29 is 0 Å². The molecule has 0 saturated heterocycles. The number of fused-ring (bicyclic) bond motifs is 1. The van der Waals surface area contributed by atoms with E-state index in [4.69, 9.17) is 5.73 Å². The summed E-state index contributed by atoms with van der Waals surface area (Å²) >= 11 is 0. The van der Waals surface area contributed by atoms with E-state index in [0.717, 1.165) is 33.4 Å². The molecule has 0 bridgehead atoms. The van der Waals surface area contributed by atoms with Gasteiger partial charge >= 0.3 is 0 Å². The van der Waals surface area contributed by atoms with Crippen molar-refractivity contribution in [3.63, 3.8) is 0 Å². The van der Waals surface area contributed by atoms with Crippen LogP contribution < -0.4 is 11.1 Å². The summed E-state index contributed by atoms with van der Waals surface area (Å²) in [5, 5.41) is 11.7. The highest BCUT2D eigenvalue weighted by Crippen LogP contribution is 2.31. The van der Waals surface area contributed by atoms with Crippen molar-refractivity contribution in [2.45, 2.75) is 52.5 Å². The van der Waals surface area contributed by atoms with Gasteiger partial charge in [0.2, 0.25) is 0 Å². The third-order valence-corrected chi connectivity index (χ3v) is 5.08. The first-order valence-corrected chi connectivity index (χ1v) is 9.93. The van der Waals surface area contributed by atoms with E-state index in [-0.39, 0.29) is 5.41 Å². The highest BCUT2D eigenvalue weighted by molar-refractivity contribution is 5.96. The van der Waals surface area contributed by atoms with Crippen LogP contribution in [-0.4, -0.2) is 21.2 Å². The molecule has 0 atom stereocenters. The number of hydrogen-bond acceptors (Lipinski definition) is 4.